The van der Waals surface area contributed by atoms with Crippen LogP contribution in [-0.4, -0.2) is 18.3 Å². The molecule has 0 spiro atoms. The van der Waals surface area contributed by atoms with Crippen molar-refractivity contribution in [3.8, 4) is 28.8 Å². The fourth-order valence-corrected chi connectivity index (χ4v) is 11.8. The lowest BCUT2D eigenvalue weighted by molar-refractivity contribution is 0.669. The Labute approximate surface area is 393 Å². The van der Waals surface area contributed by atoms with E-state index in [9.17, 15) is 11.8 Å². The molecule has 5 heterocycles. The molecule has 0 radical (unpaired) electrons. The molecule has 0 saturated heterocycles. The van der Waals surface area contributed by atoms with Gasteiger partial charge in [-0.1, -0.05) is 146 Å². The average Bonchev–Trinajstić information content (AvgIpc) is 4.21. The summed E-state index contributed by atoms with van der Waals surface area (Å²) >= 11 is 0. The molecule has 0 aliphatic carbocycles. The largest absolute Gasteiger partial charge is 0.456 e. The summed E-state index contributed by atoms with van der Waals surface area (Å²) in [5, 5.41) is 22.8. The minimum Gasteiger partial charge on any atom is -0.456 e. The Morgan fingerprint density at radius 2 is 0.696 bits per heavy atom. The van der Waals surface area contributed by atoms with Gasteiger partial charge in [-0.15, -0.1) is 0 Å². The summed E-state index contributed by atoms with van der Waals surface area (Å²) in [6.07, 6.45) is 0. The van der Waals surface area contributed by atoms with Gasteiger partial charge in [0, 0.05) is 53.9 Å². The van der Waals surface area contributed by atoms with E-state index < -0.39 is 0 Å². The fraction of sp³-hybridized carbons (Fsp3) is 0. The maximum atomic E-state index is 12.4. The van der Waals surface area contributed by atoms with Crippen LogP contribution in [0.5, 0.6) is 0 Å². The minimum atomic E-state index is 0.356. The minimum absolute atomic E-state index is 0.356. The molecule has 0 N–H and O–H groups in total. The summed E-state index contributed by atoms with van der Waals surface area (Å²) < 4.78 is 15.6. The Hall–Kier alpha value is -9.82. The highest BCUT2D eigenvalue weighted by molar-refractivity contribution is 6.28. The van der Waals surface area contributed by atoms with E-state index in [4.69, 9.17) is 4.42 Å². The third-order valence-corrected chi connectivity index (χ3v) is 14.4. The van der Waals surface area contributed by atoms with E-state index >= 15 is 0 Å². The lowest BCUT2D eigenvalue weighted by atomic mass is 10.0. The second kappa shape index (κ2) is 13.9. The first kappa shape index (κ1) is 37.4. The number of hydrogen-bond donors (Lipinski definition) is 0. The molecule has 7 nitrogen and oxygen atoms in total. The number of nitrogens with zero attached hydrogens (tertiary/aromatic N) is 6. The van der Waals surface area contributed by atoms with Gasteiger partial charge < -0.3 is 22.7 Å². The van der Waals surface area contributed by atoms with Gasteiger partial charge in [-0.3, -0.25) is 0 Å². The molecule has 5 aromatic heterocycles. The monoisotopic (exact) mass is 878 g/mol. The van der Waals surface area contributed by atoms with E-state index in [1.807, 2.05) is 24.3 Å². The van der Waals surface area contributed by atoms with Crippen molar-refractivity contribution in [1.29, 1.82) is 5.26 Å². The van der Waals surface area contributed by atoms with E-state index in [1.54, 1.807) is 0 Å². The standard InChI is InChI=1S/C62H34N6O/c1-64-58-59(65-46-26-10-2-18-37(46)38-19-3-11-27-47(38)65)45(36-63)60(68-52-32-16-8-24-43(52)56-53(68)34-35-55-57(56)44-25-9-17-33-54(44)69-55)62(67-50-30-14-6-22-41(50)42-23-7-15-31-51(42)67)61(58)66-48-28-12-4-20-39(48)40-21-5-13-29-49(40)66/h2-35H. The average molecular weight is 879 g/mol. The van der Waals surface area contributed by atoms with E-state index in [2.05, 4.69) is 211 Å². The number of hydrogen-bond acceptors (Lipinski definition) is 2. The van der Waals surface area contributed by atoms with Crippen molar-refractivity contribution >= 4 is 115 Å². The molecule has 0 aliphatic heterocycles. The molecule has 0 bridgehead atoms. The molecule has 15 rings (SSSR count). The zero-order valence-corrected chi connectivity index (χ0v) is 36.7. The van der Waals surface area contributed by atoms with E-state index in [0.29, 0.717) is 34.0 Å². The number of benzene rings is 10. The maximum absolute atomic E-state index is 12.4. The first-order valence-corrected chi connectivity index (χ1v) is 23.0. The maximum Gasteiger partial charge on any atom is 0.237 e. The quantitative estimate of drug-likeness (QED) is 0.165. The van der Waals surface area contributed by atoms with Crippen LogP contribution in [0.25, 0.3) is 137 Å². The molecule has 10 aromatic carbocycles. The number of furan rings is 1. The third-order valence-electron chi connectivity index (χ3n) is 14.4. The van der Waals surface area contributed by atoms with Gasteiger partial charge in [-0.2, -0.15) is 5.26 Å². The zero-order chi connectivity index (χ0) is 45.5. The Balaban J connectivity index is 1.29. The molecule has 318 valence electrons. The third kappa shape index (κ3) is 4.82. The number of rotatable bonds is 4. The van der Waals surface area contributed by atoms with E-state index in [0.717, 1.165) is 109 Å². The molecular weight excluding hydrogens is 845 g/mol. The van der Waals surface area contributed by atoms with Gasteiger partial charge in [0.2, 0.25) is 5.69 Å². The van der Waals surface area contributed by atoms with Gasteiger partial charge in [0.1, 0.15) is 17.2 Å². The number of aromatic nitrogens is 4. The molecule has 69 heavy (non-hydrogen) atoms. The predicted octanol–water partition coefficient (Wildman–Crippen LogP) is 16.4. The molecular formula is C62H34N6O. The molecule has 0 amide bonds. The van der Waals surface area contributed by atoms with Gasteiger partial charge in [-0.25, -0.2) is 4.85 Å². The number of fused-ring (bicyclic) bond motifs is 16. The number of para-hydroxylation sites is 8. The molecule has 0 atom stereocenters. The molecule has 7 heteroatoms. The van der Waals surface area contributed by atoms with Gasteiger partial charge >= 0.3 is 0 Å². The van der Waals surface area contributed by atoms with Crippen LogP contribution in [0.3, 0.4) is 0 Å². The van der Waals surface area contributed by atoms with Gasteiger partial charge in [0.05, 0.1) is 79.0 Å². The molecule has 0 fully saturated rings. The highest BCUT2D eigenvalue weighted by Gasteiger charge is 2.35. The fourth-order valence-electron chi connectivity index (χ4n) is 11.8. The second-order valence-corrected chi connectivity index (χ2v) is 17.7. The van der Waals surface area contributed by atoms with Crippen molar-refractivity contribution in [1.82, 2.24) is 18.3 Å². The van der Waals surface area contributed by atoms with E-state index in [1.165, 1.54) is 0 Å². The lowest BCUT2D eigenvalue weighted by Crippen LogP contribution is -2.14. The van der Waals surface area contributed by atoms with Crippen LogP contribution < -0.4 is 0 Å². The predicted molar refractivity (Wildman–Crippen MR) is 282 cm³/mol. The summed E-state index contributed by atoms with van der Waals surface area (Å²) in [5.74, 6) is 0. The summed E-state index contributed by atoms with van der Waals surface area (Å²) in [4.78, 5) is 4.69. The zero-order valence-electron chi connectivity index (χ0n) is 36.7. The smallest absolute Gasteiger partial charge is 0.237 e. The Kier molecular flexibility index (Phi) is 7.51. The highest BCUT2D eigenvalue weighted by Crippen LogP contribution is 2.52. The lowest BCUT2D eigenvalue weighted by Gasteiger charge is -2.27. The summed E-state index contributed by atoms with van der Waals surface area (Å²) in [7, 11) is 0. The van der Waals surface area contributed by atoms with Crippen molar-refractivity contribution in [2.24, 2.45) is 0 Å². The van der Waals surface area contributed by atoms with Gasteiger partial charge in [-0.05, 0) is 60.7 Å². The van der Waals surface area contributed by atoms with Crippen LogP contribution >= 0.6 is 0 Å². The summed E-state index contributed by atoms with van der Waals surface area (Å²) in [6, 6.07) is 74.3. The van der Waals surface area contributed by atoms with Crippen molar-refractivity contribution in [2.45, 2.75) is 0 Å². The molecule has 15 aromatic rings. The Morgan fingerprint density at radius 1 is 0.333 bits per heavy atom. The van der Waals surface area contributed by atoms with Gasteiger partial charge in [0.25, 0.3) is 0 Å². The number of nitriles is 1. The van der Waals surface area contributed by atoms with Crippen molar-refractivity contribution in [2.75, 3.05) is 0 Å². The Bertz CT molecular complexity index is 4660. The summed E-state index contributed by atoms with van der Waals surface area (Å²) in [5.41, 5.74) is 12.3. The first-order chi connectivity index (χ1) is 34.2. The SMILES string of the molecule is [C-]#[N+]c1c(-n2c3ccccc3c3ccccc32)c(C#N)c(-n2c3ccccc3c3c4c(ccc32)oc2ccccc24)c(-n2c3ccccc3c3ccccc32)c1-n1c2ccccc2c2ccccc21. The van der Waals surface area contributed by atoms with E-state index in [-0.39, 0.29) is 0 Å². The second-order valence-electron chi connectivity index (χ2n) is 17.7. The van der Waals surface area contributed by atoms with Gasteiger partial charge in [0.15, 0.2) is 0 Å². The van der Waals surface area contributed by atoms with Crippen LogP contribution in [0.15, 0.2) is 211 Å². The molecule has 0 unspecified atom stereocenters. The highest BCUT2D eigenvalue weighted by atomic mass is 16.3. The van der Waals surface area contributed by atoms with Crippen LogP contribution in [0.2, 0.25) is 0 Å². The molecule has 0 aliphatic rings. The van der Waals surface area contributed by atoms with Crippen LogP contribution in [0.4, 0.5) is 5.69 Å². The van der Waals surface area contributed by atoms with Crippen LogP contribution in [0.1, 0.15) is 5.56 Å². The van der Waals surface area contributed by atoms with Crippen LogP contribution in [0, 0.1) is 17.9 Å². The Morgan fingerprint density at radius 3 is 1.14 bits per heavy atom. The topological polar surface area (TPSA) is 61.0 Å². The first-order valence-electron chi connectivity index (χ1n) is 23.0. The van der Waals surface area contributed by atoms with Crippen molar-refractivity contribution < 1.29 is 4.42 Å². The summed E-state index contributed by atoms with van der Waals surface area (Å²) in [6.45, 7) is 9.60. The van der Waals surface area contributed by atoms with Crippen LogP contribution in [-0.2, 0) is 0 Å². The molecule has 0 saturated carbocycles. The van der Waals surface area contributed by atoms with Crippen molar-refractivity contribution in [3.05, 3.63) is 223 Å². The normalized spacial score (nSPS) is 12.0. The van der Waals surface area contributed by atoms with Crippen molar-refractivity contribution in [3.63, 3.8) is 0 Å².